The van der Waals surface area contributed by atoms with Crippen molar-refractivity contribution >= 4 is 68.3 Å². The lowest BCUT2D eigenvalue weighted by Crippen LogP contribution is -2.51. The van der Waals surface area contributed by atoms with E-state index >= 15 is 0 Å². The van der Waals surface area contributed by atoms with Crippen LogP contribution in [0.2, 0.25) is 0 Å². The van der Waals surface area contributed by atoms with Crippen LogP contribution in [0.25, 0.3) is 12.2 Å². The smallest absolute Gasteiger partial charge is 0.251 e. The molecule has 4 heterocycles. The number of carbonyl (C=O) groups excluding carboxylic acids is 2. The molecule has 4 aromatic carbocycles. The molecule has 13 heteroatoms. The van der Waals surface area contributed by atoms with E-state index in [1.807, 2.05) is 12.1 Å². The fourth-order valence-electron chi connectivity index (χ4n) is 10.8. The van der Waals surface area contributed by atoms with Gasteiger partial charge in [-0.1, -0.05) is 92.6 Å². The van der Waals surface area contributed by atoms with Crippen molar-refractivity contribution < 1.29 is 23.5 Å². The van der Waals surface area contributed by atoms with Crippen LogP contribution in [0.3, 0.4) is 0 Å². The Morgan fingerprint density at radius 3 is 1.50 bits per heavy atom. The average molecular weight is 987 g/mol. The lowest BCUT2D eigenvalue weighted by atomic mass is 9.77. The molecule has 2 amide bonds. The van der Waals surface area contributed by atoms with Crippen LogP contribution in [-0.2, 0) is 20.3 Å². The summed E-state index contributed by atoms with van der Waals surface area (Å²) in [6.07, 6.45) is 11.0. The number of ether oxygens (including phenoxy) is 2. The molecule has 11 nitrogen and oxygen atoms in total. The molecule has 2 N–H and O–H groups in total. The van der Waals surface area contributed by atoms with Gasteiger partial charge in [-0.25, -0.2) is 0 Å². The maximum Gasteiger partial charge on any atom is 0.251 e. The van der Waals surface area contributed by atoms with Crippen molar-refractivity contribution in [1.82, 2.24) is 10.6 Å². The van der Waals surface area contributed by atoms with Gasteiger partial charge in [0.25, 0.3) is 11.8 Å². The van der Waals surface area contributed by atoms with Gasteiger partial charge in [-0.15, -0.1) is 0 Å². The van der Waals surface area contributed by atoms with E-state index in [9.17, 15) is 9.59 Å². The summed E-state index contributed by atoms with van der Waals surface area (Å²) < 4.78 is 14.2. The van der Waals surface area contributed by atoms with Gasteiger partial charge in [0.1, 0.15) is 0 Å². The molecule has 0 spiro atoms. The highest BCUT2D eigenvalue weighted by atomic mass is 33.1. The van der Waals surface area contributed by atoms with Crippen molar-refractivity contribution in [2.24, 2.45) is 0 Å². The summed E-state index contributed by atoms with van der Waals surface area (Å²) in [6, 6.07) is 29.6. The average Bonchev–Trinajstić information content (AvgIpc) is 4.07. The highest BCUT2D eigenvalue weighted by Crippen LogP contribution is 2.56. The van der Waals surface area contributed by atoms with Gasteiger partial charge in [0.05, 0.1) is 40.9 Å². The molecule has 8 rings (SSSR count). The molecule has 70 heavy (non-hydrogen) atoms. The van der Waals surface area contributed by atoms with Gasteiger partial charge in [-0.2, -0.15) is 0 Å². The predicted octanol–water partition coefficient (Wildman–Crippen LogP) is 9.68. The summed E-state index contributed by atoms with van der Waals surface area (Å²) in [5, 5.41) is 6.26. The number of fused-ring (bicyclic) bond motifs is 6. The first-order valence-electron chi connectivity index (χ1n) is 25.2. The number of amides is 2. The Kier molecular flexibility index (Phi) is 15.5. The summed E-state index contributed by atoms with van der Waals surface area (Å²) in [4.78, 5) is 36.3. The molecule has 4 aromatic rings. The van der Waals surface area contributed by atoms with Gasteiger partial charge in [-0.3, -0.25) is 9.59 Å². The van der Waals surface area contributed by atoms with Crippen molar-refractivity contribution in [3.63, 3.8) is 0 Å². The van der Waals surface area contributed by atoms with Gasteiger partial charge < -0.3 is 44.2 Å². The Hall–Kier alpha value is -4.92. The molecular weight excluding hydrogens is 911 g/mol. The minimum atomic E-state index is -0.648. The molecule has 374 valence electrons. The summed E-state index contributed by atoms with van der Waals surface area (Å²) in [6.45, 7) is 18.2. The normalized spacial score (nSPS) is 20.7. The molecule has 0 aliphatic carbocycles. The van der Waals surface area contributed by atoms with Crippen LogP contribution < -0.4 is 30.2 Å². The second-order valence-corrected chi connectivity index (χ2v) is 24.0. The number of benzene rings is 4. The van der Waals surface area contributed by atoms with E-state index in [0.29, 0.717) is 37.4 Å². The third kappa shape index (κ3) is 10.2. The van der Waals surface area contributed by atoms with E-state index in [4.69, 9.17) is 9.47 Å². The van der Waals surface area contributed by atoms with Gasteiger partial charge in [0.15, 0.2) is 11.4 Å². The van der Waals surface area contributed by atoms with Crippen LogP contribution in [0.4, 0.5) is 22.7 Å². The minimum Gasteiger partial charge on any atom is -0.375 e. The fourth-order valence-corrected chi connectivity index (χ4v) is 12.6. The van der Waals surface area contributed by atoms with Gasteiger partial charge in [0.2, 0.25) is 0 Å². The van der Waals surface area contributed by atoms with E-state index in [1.165, 1.54) is 11.4 Å². The quantitative estimate of drug-likeness (QED) is 0.0478. The van der Waals surface area contributed by atoms with Crippen LogP contribution in [0.1, 0.15) is 90.4 Å². The van der Waals surface area contributed by atoms with Crippen molar-refractivity contribution in [3.8, 4) is 0 Å². The van der Waals surface area contributed by atoms with E-state index in [-0.39, 0.29) is 11.8 Å². The molecule has 2 atom stereocenters. The third-order valence-corrected chi connectivity index (χ3v) is 17.3. The summed E-state index contributed by atoms with van der Waals surface area (Å²) in [5.41, 5.74) is 8.38. The van der Waals surface area contributed by atoms with Crippen molar-refractivity contribution in [2.45, 2.75) is 69.7 Å². The van der Waals surface area contributed by atoms with Crippen molar-refractivity contribution in [1.29, 1.82) is 0 Å². The lowest BCUT2D eigenvalue weighted by Gasteiger charge is -2.39. The molecule has 2 unspecified atom stereocenters. The van der Waals surface area contributed by atoms with Gasteiger partial charge in [-0.05, 0) is 101 Å². The molecule has 0 radical (unpaired) electrons. The Morgan fingerprint density at radius 1 is 0.657 bits per heavy atom. The number of hydrogen-bond acceptors (Lipinski definition) is 10. The summed E-state index contributed by atoms with van der Waals surface area (Å²) >= 11 is 0. The second kappa shape index (κ2) is 21.0. The Labute approximate surface area is 426 Å². The van der Waals surface area contributed by atoms with Crippen LogP contribution in [-0.4, -0.2) is 134 Å². The van der Waals surface area contributed by atoms with E-state index in [0.717, 1.165) is 95.2 Å². The molecule has 0 aromatic heterocycles. The predicted molar refractivity (Wildman–Crippen MR) is 296 cm³/mol. The number of rotatable bonds is 21. The zero-order valence-electron chi connectivity index (χ0n) is 43.3. The number of hydrogen-bond donors (Lipinski definition) is 2. The monoisotopic (exact) mass is 987 g/mol. The molecular formula is C57H76N7O4S2+. The Balaban J connectivity index is 0.787. The zero-order chi connectivity index (χ0) is 49.9. The van der Waals surface area contributed by atoms with Gasteiger partial charge >= 0.3 is 0 Å². The van der Waals surface area contributed by atoms with Crippen molar-refractivity contribution in [2.75, 3.05) is 125 Å². The molecule has 0 bridgehead atoms. The van der Waals surface area contributed by atoms with Crippen LogP contribution >= 0.6 is 21.6 Å². The SMILES string of the molecule is CCCN(C)c1ccc(/C=C/C23OCCN2c2ccc(C(=O)NCCSSCCNC(=O)c4ccc5c(c4)C(C)(C)C4(/C=C/c6ccc(N(C)CCC[N+](C)(C)C)cc6)OCCN54)cc2C3(C)C)cc1. The zero-order valence-corrected chi connectivity index (χ0v) is 44.9. The minimum absolute atomic E-state index is 0.0797. The fraction of sp³-hybridized carbons (Fsp3) is 0.474. The molecule has 4 aliphatic heterocycles. The lowest BCUT2D eigenvalue weighted by molar-refractivity contribution is -0.870. The van der Waals surface area contributed by atoms with E-state index < -0.39 is 22.3 Å². The number of quaternary nitrogens is 1. The first-order valence-corrected chi connectivity index (χ1v) is 27.6. The highest BCUT2D eigenvalue weighted by Gasteiger charge is 2.60. The van der Waals surface area contributed by atoms with Crippen LogP contribution in [0.15, 0.2) is 97.1 Å². The van der Waals surface area contributed by atoms with E-state index in [1.54, 1.807) is 21.6 Å². The highest BCUT2D eigenvalue weighted by molar-refractivity contribution is 8.76. The van der Waals surface area contributed by atoms with Crippen LogP contribution in [0.5, 0.6) is 0 Å². The third-order valence-electron chi connectivity index (χ3n) is 14.9. The summed E-state index contributed by atoms with van der Waals surface area (Å²) in [7, 11) is 14.4. The molecule has 2 saturated heterocycles. The maximum atomic E-state index is 13.5. The second-order valence-electron chi connectivity index (χ2n) is 21.3. The number of nitrogens with one attached hydrogen (secondary N) is 2. The number of carbonyl (C=O) groups is 2. The van der Waals surface area contributed by atoms with Crippen molar-refractivity contribution in [3.05, 3.63) is 130 Å². The Morgan fingerprint density at radius 2 is 1.09 bits per heavy atom. The first kappa shape index (κ1) is 51.4. The standard InChI is InChI=1S/C57H75N7O4S2/c1-11-31-60(6)46-19-13-42(14-20-46)25-27-56-54(2,3)48-40-44(17-23-50(48)62(56)33-36-67-56)52(65)58-29-38-69-70-39-30-59-53(66)45-18-24-51-49(41-45)55(4,5)57(63(51)34-37-68-57)28-26-43-15-21-47(22-16-43)61(7)32-12-35-64(8,9)10/h13-28,40-41H,11-12,29-39H2,1-10H3,(H-,58,59,65,66)/p+1/b27-25+,28-26+. The van der Waals surface area contributed by atoms with Gasteiger partial charge in [0, 0.05) is 116 Å². The topological polar surface area (TPSA) is 89.6 Å². The molecule has 2 fully saturated rings. The van der Waals surface area contributed by atoms with Crippen LogP contribution in [0, 0.1) is 0 Å². The largest absolute Gasteiger partial charge is 0.375 e. The summed E-state index contributed by atoms with van der Waals surface area (Å²) in [5.74, 6) is 1.34. The molecule has 4 aliphatic rings. The maximum absolute atomic E-state index is 13.5. The van der Waals surface area contributed by atoms with E-state index in [2.05, 4.69) is 197 Å². The number of nitrogens with zero attached hydrogens (tertiary/aromatic N) is 5. The number of anilines is 4. The Bertz CT molecular complexity index is 2560. The first-order chi connectivity index (χ1) is 33.4. The molecule has 0 saturated carbocycles.